The van der Waals surface area contributed by atoms with Gasteiger partial charge in [0, 0.05) is 25.6 Å². The normalized spacial score (nSPS) is 11.3. The summed E-state index contributed by atoms with van der Waals surface area (Å²) >= 11 is 5.88. The number of nitrogens with one attached hydrogen (secondary N) is 1. The number of hydrogen-bond donors (Lipinski definition) is 1. The van der Waals surface area contributed by atoms with Crippen molar-refractivity contribution in [2.45, 2.75) is 32.7 Å². The zero-order valence-electron chi connectivity index (χ0n) is 12.2. The molecule has 0 fully saturated rings. The van der Waals surface area contributed by atoms with Gasteiger partial charge in [0.2, 0.25) is 5.91 Å². The van der Waals surface area contributed by atoms with Crippen molar-refractivity contribution in [3.63, 3.8) is 0 Å². The van der Waals surface area contributed by atoms with Gasteiger partial charge in [0.1, 0.15) is 11.6 Å². The molecule has 0 radical (unpaired) electrons. The number of hydrogen-bond acceptors (Lipinski definition) is 2. The average molecular weight is 312 g/mol. The minimum absolute atomic E-state index is 0.00631. The highest BCUT2D eigenvalue weighted by atomic mass is 35.5. The van der Waals surface area contributed by atoms with E-state index in [0.29, 0.717) is 36.8 Å². The van der Waals surface area contributed by atoms with Crippen molar-refractivity contribution in [3.8, 4) is 0 Å². The fourth-order valence-electron chi connectivity index (χ4n) is 2.12. The quantitative estimate of drug-likeness (QED) is 0.833. The van der Waals surface area contributed by atoms with E-state index in [9.17, 15) is 9.18 Å². The van der Waals surface area contributed by atoms with Gasteiger partial charge in [-0.1, -0.05) is 13.8 Å². The predicted molar refractivity (Wildman–Crippen MR) is 81.7 cm³/mol. The molecule has 114 valence electrons. The van der Waals surface area contributed by atoms with Crippen molar-refractivity contribution in [1.29, 1.82) is 0 Å². The van der Waals surface area contributed by atoms with Crippen molar-refractivity contribution in [2.75, 3.05) is 6.54 Å². The van der Waals surface area contributed by atoms with Crippen LogP contribution in [0.4, 0.5) is 4.39 Å². The van der Waals surface area contributed by atoms with Gasteiger partial charge in [0.05, 0.1) is 16.9 Å². The summed E-state index contributed by atoms with van der Waals surface area (Å²) in [6, 6.07) is 4.43. The summed E-state index contributed by atoms with van der Waals surface area (Å²) in [6.45, 7) is 5.23. The smallest absolute Gasteiger partial charge is 0.221 e. The Morgan fingerprint density at radius 3 is 2.90 bits per heavy atom. The highest BCUT2D eigenvalue weighted by molar-refractivity contribution is 6.16. The van der Waals surface area contributed by atoms with Gasteiger partial charge in [-0.05, 0) is 18.1 Å². The predicted octanol–water partition coefficient (Wildman–Crippen LogP) is 3.08. The molecule has 0 saturated carbocycles. The zero-order valence-corrected chi connectivity index (χ0v) is 13.0. The Hall–Kier alpha value is -1.62. The van der Waals surface area contributed by atoms with Crippen molar-refractivity contribution < 1.29 is 9.18 Å². The lowest BCUT2D eigenvalue weighted by Gasteiger charge is -2.10. The maximum absolute atomic E-state index is 13.2. The molecule has 6 heteroatoms. The van der Waals surface area contributed by atoms with Gasteiger partial charge in [-0.3, -0.25) is 4.79 Å². The number of rotatable bonds is 6. The number of amides is 1. The number of aromatic nitrogens is 2. The molecule has 0 aliphatic rings. The van der Waals surface area contributed by atoms with Gasteiger partial charge in [-0.2, -0.15) is 0 Å². The van der Waals surface area contributed by atoms with E-state index in [4.69, 9.17) is 11.6 Å². The fourth-order valence-corrected chi connectivity index (χ4v) is 2.33. The molecule has 0 unspecified atom stereocenters. The molecular formula is C15H19ClFN3O. The molecule has 2 aromatic rings. The molecule has 0 spiro atoms. The van der Waals surface area contributed by atoms with Crippen LogP contribution in [0.2, 0.25) is 0 Å². The molecule has 0 aliphatic heterocycles. The number of halogens is 2. The number of aryl methyl sites for hydroxylation is 1. The molecule has 21 heavy (non-hydrogen) atoms. The second-order valence-corrected chi connectivity index (χ2v) is 5.66. The van der Waals surface area contributed by atoms with Gasteiger partial charge in [-0.25, -0.2) is 9.37 Å². The standard InChI is InChI=1S/C15H19ClFN3O/c1-10(2)9-18-15(21)5-6-20-13-4-3-11(17)7-12(13)19-14(20)8-16/h3-4,7,10H,5-6,8-9H2,1-2H3,(H,18,21). The van der Waals surface area contributed by atoms with E-state index < -0.39 is 0 Å². The van der Waals surface area contributed by atoms with E-state index in [1.54, 1.807) is 6.07 Å². The van der Waals surface area contributed by atoms with E-state index in [-0.39, 0.29) is 17.6 Å². The summed E-state index contributed by atoms with van der Waals surface area (Å²) in [5.41, 5.74) is 1.36. The maximum Gasteiger partial charge on any atom is 0.221 e. The molecule has 1 amide bonds. The van der Waals surface area contributed by atoms with Gasteiger partial charge in [0.15, 0.2) is 0 Å². The summed E-state index contributed by atoms with van der Waals surface area (Å²) < 4.78 is 15.1. The molecule has 2 rings (SSSR count). The number of benzene rings is 1. The lowest BCUT2D eigenvalue weighted by atomic mass is 10.2. The van der Waals surface area contributed by atoms with Crippen LogP contribution in [-0.2, 0) is 17.2 Å². The number of alkyl halides is 1. The number of nitrogens with zero attached hydrogens (tertiary/aromatic N) is 2. The third-order valence-corrected chi connectivity index (χ3v) is 3.42. The Labute approximate surface area is 128 Å². The van der Waals surface area contributed by atoms with E-state index in [1.165, 1.54) is 12.1 Å². The van der Waals surface area contributed by atoms with Crippen LogP contribution in [-0.4, -0.2) is 22.0 Å². The minimum atomic E-state index is -0.331. The van der Waals surface area contributed by atoms with Gasteiger partial charge in [0.25, 0.3) is 0 Å². The van der Waals surface area contributed by atoms with Crippen LogP contribution in [0.3, 0.4) is 0 Å². The van der Waals surface area contributed by atoms with E-state index >= 15 is 0 Å². The molecule has 1 aromatic carbocycles. The lowest BCUT2D eigenvalue weighted by molar-refractivity contribution is -0.121. The van der Waals surface area contributed by atoms with E-state index in [0.717, 1.165) is 5.52 Å². The van der Waals surface area contributed by atoms with Crippen LogP contribution in [0.15, 0.2) is 18.2 Å². The van der Waals surface area contributed by atoms with E-state index in [2.05, 4.69) is 10.3 Å². The molecule has 0 saturated heterocycles. The van der Waals surface area contributed by atoms with Crippen LogP contribution in [0.25, 0.3) is 11.0 Å². The number of fused-ring (bicyclic) bond motifs is 1. The summed E-state index contributed by atoms with van der Waals surface area (Å²) in [5, 5.41) is 2.87. The van der Waals surface area contributed by atoms with Crippen molar-refractivity contribution in [3.05, 3.63) is 29.8 Å². The summed E-state index contributed by atoms with van der Waals surface area (Å²) in [5.74, 6) is 0.957. The fraction of sp³-hybridized carbons (Fsp3) is 0.467. The molecule has 1 aromatic heterocycles. The first-order valence-corrected chi connectivity index (χ1v) is 7.52. The summed E-state index contributed by atoms with van der Waals surface area (Å²) in [6.07, 6.45) is 0.347. The van der Waals surface area contributed by atoms with Crippen LogP contribution in [0.1, 0.15) is 26.1 Å². The van der Waals surface area contributed by atoms with Crippen LogP contribution in [0.5, 0.6) is 0 Å². The Balaban J connectivity index is 2.12. The maximum atomic E-state index is 13.2. The second kappa shape index (κ2) is 6.89. The van der Waals surface area contributed by atoms with Gasteiger partial charge in [-0.15, -0.1) is 11.6 Å². The van der Waals surface area contributed by atoms with Gasteiger partial charge >= 0.3 is 0 Å². The second-order valence-electron chi connectivity index (χ2n) is 5.39. The number of carbonyl (C=O) groups excluding carboxylic acids is 1. The molecular weight excluding hydrogens is 293 g/mol. The van der Waals surface area contributed by atoms with Crippen molar-refractivity contribution in [2.24, 2.45) is 5.92 Å². The lowest BCUT2D eigenvalue weighted by Crippen LogP contribution is -2.28. The Morgan fingerprint density at radius 1 is 1.48 bits per heavy atom. The largest absolute Gasteiger partial charge is 0.356 e. The van der Waals surface area contributed by atoms with Crippen molar-refractivity contribution in [1.82, 2.24) is 14.9 Å². The molecule has 0 bridgehead atoms. The number of imidazole rings is 1. The molecule has 1 heterocycles. The first-order chi connectivity index (χ1) is 10.0. The molecule has 0 aliphatic carbocycles. The third kappa shape index (κ3) is 3.94. The molecule has 4 nitrogen and oxygen atoms in total. The molecule has 1 N–H and O–H groups in total. The van der Waals surface area contributed by atoms with E-state index in [1.807, 2.05) is 18.4 Å². The molecule has 0 atom stereocenters. The monoisotopic (exact) mass is 311 g/mol. The van der Waals surface area contributed by atoms with Crippen molar-refractivity contribution >= 4 is 28.5 Å². The third-order valence-electron chi connectivity index (χ3n) is 3.18. The van der Waals surface area contributed by atoms with Crippen LogP contribution >= 0.6 is 11.6 Å². The Kier molecular flexibility index (Phi) is 5.17. The first-order valence-electron chi connectivity index (χ1n) is 6.98. The Bertz CT molecular complexity index is 639. The average Bonchev–Trinajstić information content (AvgIpc) is 2.79. The van der Waals surface area contributed by atoms with Gasteiger partial charge < -0.3 is 9.88 Å². The highest BCUT2D eigenvalue weighted by Crippen LogP contribution is 2.19. The van der Waals surface area contributed by atoms with Crippen LogP contribution < -0.4 is 5.32 Å². The van der Waals surface area contributed by atoms with Crippen LogP contribution in [0, 0.1) is 11.7 Å². The Morgan fingerprint density at radius 2 is 2.24 bits per heavy atom. The summed E-state index contributed by atoms with van der Waals surface area (Å²) in [4.78, 5) is 16.1. The topological polar surface area (TPSA) is 46.9 Å². The zero-order chi connectivity index (χ0) is 15.4. The minimum Gasteiger partial charge on any atom is -0.356 e. The highest BCUT2D eigenvalue weighted by Gasteiger charge is 2.12. The number of carbonyl (C=O) groups is 1. The SMILES string of the molecule is CC(C)CNC(=O)CCn1c(CCl)nc2cc(F)ccc21. The first kappa shape index (κ1) is 15.8. The summed E-state index contributed by atoms with van der Waals surface area (Å²) in [7, 11) is 0.